The van der Waals surface area contributed by atoms with Gasteiger partial charge < -0.3 is 4.74 Å². The molecule has 3 nitrogen and oxygen atoms in total. The molecule has 0 unspecified atom stereocenters. The van der Waals surface area contributed by atoms with E-state index in [1.807, 2.05) is 0 Å². The number of carbonyl (C=O) groups excluding carboxylic acids is 1. The average Bonchev–Trinajstić information content (AvgIpc) is 1.84. The van der Waals surface area contributed by atoms with Crippen LogP contribution in [-0.2, 0) is 4.74 Å². The number of carbonyl (C=O) groups is 1. The summed E-state index contributed by atoms with van der Waals surface area (Å²) in [6.45, 7) is 0. The van der Waals surface area contributed by atoms with Crippen LogP contribution in [-0.4, -0.2) is 24.6 Å². The van der Waals surface area contributed by atoms with E-state index >= 15 is 0 Å². The second-order valence-corrected chi connectivity index (χ2v) is 2.25. The molecule has 0 aliphatic carbocycles. The molecule has 5 heteroatoms. The van der Waals surface area contributed by atoms with Gasteiger partial charge in [-0.05, 0) is 0 Å². The minimum absolute atomic E-state index is 0.398. The largest absolute Gasteiger partial charge is 0.452 e. The Bertz CT molecular complexity index is 87.4. The Labute approximate surface area is 57.3 Å². The van der Waals surface area contributed by atoms with Gasteiger partial charge in [0.15, 0.2) is 0 Å². The Hall–Kier alpha value is -0.0300. The van der Waals surface area contributed by atoms with Crippen molar-refractivity contribution in [2.75, 3.05) is 14.2 Å². The van der Waals surface area contributed by atoms with Crippen LogP contribution in [0.1, 0.15) is 0 Å². The Morgan fingerprint density at radius 3 is 2.50 bits per heavy atom. The quantitative estimate of drug-likeness (QED) is 0.348. The van der Waals surface area contributed by atoms with E-state index in [4.69, 9.17) is 0 Å². The Balaban J connectivity index is 3.46. The molecule has 0 radical (unpaired) electrons. The minimum atomic E-state index is -0.398. The third kappa shape index (κ3) is 2.32. The Kier molecular flexibility index (Phi) is 3.90. The topological polar surface area (TPSA) is 29.5 Å². The van der Waals surface area contributed by atoms with Crippen LogP contribution in [0.5, 0.6) is 0 Å². The zero-order valence-electron chi connectivity index (χ0n) is 4.62. The Morgan fingerprint density at radius 1 is 1.88 bits per heavy atom. The highest BCUT2D eigenvalue weighted by atomic mass is 33.1. The molecule has 0 saturated carbocycles. The van der Waals surface area contributed by atoms with E-state index in [0.29, 0.717) is 0 Å². The highest BCUT2D eigenvalue weighted by molar-refractivity contribution is 8.67. The molecule has 0 aromatic carbocycles. The zero-order chi connectivity index (χ0) is 6.57. The molecule has 0 atom stereocenters. The molecule has 8 heavy (non-hydrogen) atoms. The van der Waals surface area contributed by atoms with Gasteiger partial charge in [0, 0.05) is 18.0 Å². The fourth-order valence-corrected chi connectivity index (χ4v) is 0.503. The number of thiol groups is 1. The van der Waals surface area contributed by atoms with Gasteiger partial charge in [0.25, 0.3) is 0 Å². The van der Waals surface area contributed by atoms with Gasteiger partial charge in [-0.2, -0.15) is 0 Å². The summed E-state index contributed by atoms with van der Waals surface area (Å²) in [7, 11) is 3.91. The van der Waals surface area contributed by atoms with Gasteiger partial charge in [-0.25, -0.2) is 9.10 Å². The number of rotatable bonds is 1. The molecule has 0 bridgehead atoms. The van der Waals surface area contributed by atoms with Crippen molar-refractivity contribution < 1.29 is 9.53 Å². The van der Waals surface area contributed by atoms with Crippen LogP contribution in [0.25, 0.3) is 0 Å². The first kappa shape index (κ1) is 7.97. The van der Waals surface area contributed by atoms with Crippen molar-refractivity contribution in [2.45, 2.75) is 0 Å². The van der Waals surface area contributed by atoms with Crippen molar-refractivity contribution in [3.63, 3.8) is 0 Å². The van der Waals surface area contributed by atoms with Crippen molar-refractivity contribution in [2.24, 2.45) is 0 Å². The standard InChI is InChI=1S/C3H7NO2S2/c1-4(8-7)3(5)6-2/h7H,1-2H3. The van der Waals surface area contributed by atoms with Crippen LogP contribution < -0.4 is 0 Å². The van der Waals surface area contributed by atoms with Gasteiger partial charge in [-0.3, -0.25) is 0 Å². The maximum atomic E-state index is 10.4. The third-order valence-electron chi connectivity index (χ3n) is 0.554. The second kappa shape index (κ2) is 3.91. The van der Waals surface area contributed by atoms with E-state index in [1.54, 1.807) is 7.05 Å². The fraction of sp³-hybridized carbons (Fsp3) is 0.667. The Morgan fingerprint density at radius 2 is 2.38 bits per heavy atom. The van der Waals surface area contributed by atoms with Crippen LogP contribution in [0.4, 0.5) is 4.79 Å². The molecule has 1 amide bonds. The molecule has 0 fully saturated rings. The van der Waals surface area contributed by atoms with Crippen LogP contribution in [0.2, 0.25) is 0 Å². The molecular weight excluding hydrogens is 146 g/mol. The summed E-state index contributed by atoms with van der Waals surface area (Å²) in [5.41, 5.74) is 0. The van der Waals surface area contributed by atoms with Crippen molar-refractivity contribution >= 4 is 28.7 Å². The number of hydrogen-bond acceptors (Lipinski definition) is 4. The number of nitrogens with zero attached hydrogens (tertiary/aromatic N) is 1. The summed E-state index contributed by atoms with van der Waals surface area (Å²) in [6.07, 6.45) is -0.398. The van der Waals surface area contributed by atoms with E-state index in [0.717, 1.165) is 11.0 Å². The lowest BCUT2D eigenvalue weighted by molar-refractivity contribution is 0.157. The molecule has 0 saturated heterocycles. The van der Waals surface area contributed by atoms with Gasteiger partial charge >= 0.3 is 6.09 Å². The lowest BCUT2D eigenvalue weighted by Crippen LogP contribution is -2.17. The number of hydrogen-bond donors (Lipinski definition) is 1. The third-order valence-corrected chi connectivity index (χ3v) is 1.68. The first-order chi connectivity index (χ1) is 3.72. The number of ether oxygens (including phenoxy) is 1. The van der Waals surface area contributed by atoms with Gasteiger partial charge in [-0.15, -0.1) is 0 Å². The van der Waals surface area contributed by atoms with E-state index in [-0.39, 0.29) is 0 Å². The smallest absolute Gasteiger partial charge is 0.419 e. The molecule has 0 heterocycles. The maximum absolute atomic E-state index is 10.4. The van der Waals surface area contributed by atoms with Gasteiger partial charge in [0.05, 0.1) is 7.11 Å². The predicted molar refractivity (Wildman–Crippen MR) is 36.7 cm³/mol. The zero-order valence-corrected chi connectivity index (χ0v) is 6.33. The lowest BCUT2D eigenvalue weighted by Gasteiger charge is -2.08. The van der Waals surface area contributed by atoms with E-state index in [1.165, 1.54) is 11.4 Å². The number of methoxy groups -OCH3 is 1. The molecular formula is C3H7NO2S2. The first-order valence-electron chi connectivity index (χ1n) is 1.85. The summed E-state index contributed by atoms with van der Waals surface area (Å²) >= 11 is 3.75. The highest BCUT2D eigenvalue weighted by Crippen LogP contribution is 2.10. The van der Waals surface area contributed by atoms with Gasteiger partial charge in [-0.1, -0.05) is 11.7 Å². The SMILES string of the molecule is COC(=O)N(C)SS. The summed E-state index contributed by atoms with van der Waals surface area (Å²) in [4.78, 5) is 10.4. The summed E-state index contributed by atoms with van der Waals surface area (Å²) < 4.78 is 5.59. The fourth-order valence-electron chi connectivity index (χ4n) is 0.162. The predicted octanol–water partition coefficient (Wildman–Crippen LogP) is 1.18. The van der Waals surface area contributed by atoms with Crippen LogP contribution in [0.15, 0.2) is 0 Å². The molecule has 0 rings (SSSR count). The van der Waals surface area contributed by atoms with Crippen molar-refractivity contribution in [3.05, 3.63) is 0 Å². The van der Waals surface area contributed by atoms with Crippen molar-refractivity contribution in [1.29, 1.82) is 0 Å². The van der Waals surface area contributed by atoms with Crippen LogP contribution in [0.3, 0.4) is 0 Å². The van der Waals surface area contributed by atoms with Crippen LogP contribution >= 0.6 is 22.6 Å². The molecule has 0 aliphatic rings. The molecule has 0 aromatic rings. The van der Waals surface area contributed by atoms with E-state index in [9.17, 15) is 4.79 Å². The molecule has 0 N–H and O–H groups in total. The van der Waals surface area contributed by atoms with E-state index in [2.05, 4.69) is 16.4 Å². The summed E-state index contributed by atoms with van der Waals surface area (Å²) in [5, 5.41) is 0. The lowest BCUT2D eigenvalue weighted by atomic mass is 11.1. The van der Waals surface area contributed by atoms with Crippen molar-refractivity contribution in [3.8, 4) is 0 Å². The van der Waals surface area contributed by atoms with Gasteiger partial charge in [0.2, 0.25) is 0 Å². The highest BCUT2D eigenvalue weighted by Gasteiger charge is 2.04. The molecule has 48 valence electrons. The van der Waals surface area contributed by atoms with Crippen LogP contribution in [0, 0.1) is 0 Å². The summed E-state index contributed by atoms with van der Waals surface area (Å²) in [6, 6.07) is 0. The minimum Gasteiger partial charge on any atom is -0.452 e. The molecule has 0 spiro atoms. The maximum Gasteiger partial charge on any atom is 0.419 e. The molecule has 0 aliphatic heterocycles. The molecule has 0 aromatic heterocycles. The van der Waals surface area contributed by atoms with Gasteiger partial charge in [0.1, 0.15) is 0 Å². The average molecular weight is 153 g/mol. The monoisotopic (exact) mass is 153 g/mol. The summed E-state index contributed by atoms with van der Waals surface area (Å²) in [5.74, 6) is 0. The first-order valence-corrected chi connectivity index (χ1v) is 3.68. The normalized spacial score (nSPS) is 8.38. The second-order valence-electron chi connectivity index (χ2n) is 1.05. The van der Waals surface area contributed by atoms with Crippen molar-refractivity contribution in [1.82, 2.24) is 4.31 Å². The van der Waals surface area contributed by atoms with E-state index < -0.39 is 6.09 Å². The number of amides is 1.